The van der Waals surface area contributed by atoms with Crippen LogP contribution in [0.2, 0.25) is 5.02 Å². The van der Waals surface area contributed by atoms with Gasteiger partial charge in [0.05, 0.1) is 11.3 Å². The number of hydrogen-bond donors (Lipinski definition) is 3. The van der Waals surface area contributed by atoms with Crippen LogP contribution in [0.3, 0.4) is 0 Å². The molecule has 0 saturated heterocycles. The summed E-state index contributed by atoms with van der Waals surface area (Å²) in [7, 11) is -4.20. The molecule has 8 nitrogen and oxygen atoms in total. The van der Waals surface area contributed by atoms with E-state index in [0.717, 1.165) is 24.3 Å². The highest BCUT2D eigenvalue weighted by molar-refractivity contribution is 7.89. The smallest absolute Gasteiger partial charge is 0.307 e. The number of amides is 1. The van der Waals surface area contributed by atoms with Gasteiger partial charge in [-0.3, -0.25) is 9.59 Å². The summed E-state index contributed by atoms with van der Waals surface area (Å²) in [6.07, 6.45) is -0.179. The Balaban J connectivity index is 1.78. The third-order valence-electron chi connectivity index (χ3n) is 4.53. The first-order chi connectivity index (χ1) is 16.1. The number of carboxylic acid groups (broad SMARTS) is 1. The van der Waals surface area contributed by atoms with Crippen LogP contribution in [0.5, 0.6) is 5.75 Å². The highest BCUT2D eigenvalue weighted by atomic mass is 35.5. The minimum absolute atomic E-state index is 0.179. The second-order valence-corrected chi connectivity index (χ2v) is 9.30. The van der Waals surface area contributed by atoms with Gasteiger partial charge in [0, 0.05) is 10.7 Å². The molecule has 34 heavy (non-hydrogen) atoms. The summed E-state index contributed by atoms with van der Waals surface area (Å²) >= 11 is 5.94. The minimum atomic E-state index is -4.20. The highest BCUT2D eigenvalue weighted by Gasteiger charge is 2.27. The maximum absolute atomic E-state index is 13.2. The molecule has 3 aromatic carbocycles. The number of rotatable bonds is 10. The molecule has 1 unspecified atom stereocenters. The van der Waals surface area contributed by atoms with Crippen molar-refractivity contribution < 1.29 is 32.2 Å². The summed E-state index contributed by atoms with van der Waals surface area (Å²) in [6.45, 7) is -0.371. The van der Waals surface area contributed by atoms with Crippen molar-refractivity contribution in [3.05, 3.63) is 89.2 Å². The lowest BCUT2D eigenvalue weighted by atomic mass is 10.1. The first-order valence-electron chi connectivity index (χ1n) is 9.90. The zero-order valence-corrected chi connectivity index (χ0v) is 19.1. The molecular formula is C23H20ClFN2O6S. The van der Waals surface area contributed by atoms with E-state index in [0.29, 0.717) is 22.0 Å². The Labute approximate surface area is 200 Å². The second-order valence-electron chi connectivity index (χ2n) is 7.15. The zero-order chi connectivity index (χ0) is 24.7. The first-order valence-corrected chi connectivity index (χ1v) is 11.8. The number of ether oxygens (including phenoxy) is 1. The molecule has 0 aliphatic carbocycles. The Bertz CT molecular complexity index is 1270. The Morgan fingerprint density at radius 1 is 1.03 bits per heavy atom. The van der Waals surface area contributed by atoms with E-state index < -0.39 is 33.8 Å². The van der Waals surface area contributed by atoms with Gasteiger partial charge in [-0.15, -0.1) is 0 Å². The van der Waals surface area contributed by atoms with E-state index in [4.69, 9.17) is 21.4 Å². The predicted molar refractivity (Wildman–Crippen MR) is 124 cm³/mol. The number of nitrogens with one attached hydrogen (secondary N) is 2. The van der Waals surface area contributed by atoms with Crippen molar-refractivity contribution in [3.8, 4) is 5.75 Å². The van der Waals surface area contributed by atoms with Crippen molar-refractivity contribution >= 4 is 39.2 Å². The van der Waals surface area contributed by atoms with E-state index in [-0.39, 0.29) is 17.9 Å². The van der Waals surface area contributed by atoms with Crippen LogP contribution in [-0.4, -0.2) is 38.0 Å². The molecule has 0 aromatic heterocycles. The Morgan fingerprint density at radius 2 is 1.71 bits per heavy atom. The highest BCUT2D eigenvalue weighted by Crippen LogP contribution is 2.18. The minimum Gasteiger partial charge on any atom is -0.491 e. The maximum atomic E-state index is 13.2. The number of benzene rings is 3. The summed E-state index contributed by atoms with van der Waals surface area (Å²) in [5.41, 5.74) is 0.858. The van der Waals surface area contributed by atoms with Crippen LogP contribution < -0.4 is 14.8 Å². The van der Waals surface area contributed by atoms with Crippen LogP contribution in [0, 0.1) is 5.82 Å². The lowest BCUT2D eigenvalue weighted by molar-refractivity contribution is -0.136. The van der Waals surface area contributed by atoms with Gasteiger partial charge in [-0.1, -0.05) is 29.8 Å². The molecule has 0 fully saturated rings. The van der Waals surface area contributed by atoms with E-state index in [1.54, 1.807) is 18.2 Å². The SMILES string of the molecule is O=C(O)Cc1ccc(NC(=O)C(COc2cccc(Cl)c2)NS(=O)(=O)c2ccc(F)cc2)cc1. The van der Waals surface area contributed by atoms with E-state index in [2.05, 4.69) is 10.0 Å². The zero-order valence-electron chi connectivity index (χ0n) is 17.6. The third-order valence-corrected chi connectivity index (χ3v) is 6.25. The van der Waals surface area contributed by atoms with Crippen LogP contribution in [0.4, 0.5) is 10.1 Å². The number of carbonyl (C=O) groups excluding carboxylic acids is 1. The third kappa shape index (κ3) is 7.27. The van der Waals surface area contributed by atoms with Crippen molar-refractivity contribution in [2.75, 3.05) is 11.9 Å². The van der Waals surface area contributed by atoms with Gasteiger partial charge in [0.2, 0.25) is 15.9 Å². The van der Waals surface area contributed by atoms with Gasteiger partial charge >= 0.3 is 5.97 Å². The first kappa shape index (κ1) is 25.2. The fraction of sp³-hybridized carbons (Fsp3) is 0.130. The number of halogens is 2. The molecule has 0 aliphatic rings. The van der Waals surface area contributed by atoms with Gasteiger partial charge in [0.1, 0.15) is 24.2 Å². The Kier molecular flexibility index (Phi) is 8.21. The fourth-order valence-electron chi connectivity index (χ4n) is 2.88. The molecule has 1 amide bonds. The van der Waals surface area contributed by atoms with Crippen molar-refractivity contribution in [2.24, 2.45) is 0 Å². The summed E-state index contributed by atoms with van der Waals surface area (Å²) in [4.78, 5) is 23.5. The standard InChI is InChI=1S/C23H20ClFN2O6S/c24-16-2-1-3-19(13-16)33-14-21(27-34(31,32)20-10-6-17(25)7-11-20)23(30)26-18-8-4-15(5-9-18)12-22(28)29/h1-11,13,21,27H,12,14H2,(H,26,30)(H,28,29). The van der Waals surface area contributed by atoms with Crippen molar-refractivity contribution in [1.29, 1.82) is 0 Å². The molecule has 0 aliphatic heterocycles. The summed E-state index contributed by atoms with van der Waals surface area (Å²) in [6, 6.07) is 15.2. The summed E-state index contributed by atoms with van der Waals surface area (Å²) in [5, 5.41) is 11.8. The summed E-state index contributed by atoms with van der Waals surface area (Å²) < 4.78 is 46.6. The molecular weight excluding hydrogens is 487 g/mol. The number of carboxylic acids is 1. The normalized spacial score (nSPS) is 12.1. The van der Waals surface area contributed by atoms with Gasteiger partial charge < -0.3 is 15.2 Å². The lowest BCUT2D eigenvalue weighted by Crippen LogP contribution is -2.47. The van der Waals surface area contributed by atoms with Crippen LogP contribution >= 0.6 is 11.6 Å². The monoisotopic (exact) mass is 506 g/mol. The van der Waals surface area contributed by atoms with Crippen LogP contribution in [0.15, 0.2) is 77.7 Å². The molecule has 0 spiro atoms. The number of carbonyl (C=O) groups is 2. The number of hydrogen-bond acceptors (Lipinski definition) is 5. The predicted octanol–water partition coefficient (Wildman–Crippen LogP) is 3.47. The maximum Gasteiger partial charge on any atom is 0.307 e. The largest absolute Gasteiger partial charge is 0.491 e. The number of anilines is 1. The molecule has 3 rings (SSSR count). The molecule has 3 aromatic rings. The fourth-order valence-corrected chi connectivity index (χ4v) is 4.24. The Hall–Kier alpha value is -3.47. The van der Waals surface area contributed by atoms with Gasteiger partial charge in [-0.25, -0.2) is 12.8 Å². The van der Waals surface area contributed by atoms with Gasteiger partial charge in [-0.2, -0.15) is 4.72 Å². The van der Waals surface area contributed by atoms with Gasteiger partial charge in [0.15, 0.2) is 0 Å². The van der Waals surface area contributed by atoms with Gasteiger partial charge in [-0.05, 0) is 60.2 Å². The summed E-state index contributed by atoms with van der Waals surface area (Å²) in [5.74, 6) is -2.00. The van der Waals surface area contributed by atoms with E-state index in [1.165, 1.54) is 30.3 Å². The van der Waals surface area contributed by atoms with E-state index in [1.807, 2.05) is 0 Å². The topological polar surface area (TPSA) is 122 Å². The van der Waals surface area contributed by atoms with Crippen molar-refractivity contribution in [3.63, 3.8) is 0 Å². The average molecular weight is 507 g/mol. The van der Waals surface area contributed by atoms with Gasteiger partial charge in [0.25, 0.3) is 0 Å². The van der Waals surface area contributed by atoms with E-state index >= 15 is 0 Å². The van der Waals surface area contributed by atoms with Crippen LogP contribution in [0.1, 0.15) is 5.56 Å². The number of sulfonamides is 1. The lowest BCUT2D eigenvalue weighted by Gasteiger charge is -2.19. The molecule has 11 heteroatoms. The van der Waals surface area contributed by atoms with Crippen LogP contribution in [0.25, 0.3) is 0 Å². The van der Waals surface area contributed by atoms with E-state index in [9.17, 15) is 22.4 Å². The van der Waals surface area contributed by atoms with Crippen molar-refractivity contribution in [2.45, 2.75) is 17.4 Å². The molecule has 0 bridgehead atoms. The molecule has 0 radical (unpaired) electrons. The quantitative estimate of drug-likeness (QED) is 0.387. The molecule has 0 saturated carbocycles. The molecule has 178 valence electrons. The Morgan fingerprint density at radius 3 is 2.32 bits per heavy atom. The second kappa shape index (κ2) is 11.1. The van der Waals surface area contributed by atoms with Crippen LogP contribution in [-0.2, 0) is 26.0 Å². The molecule has 1 atom stereocenters. The molecule has 0 heterocycles. The number of aliphatic carboxylic acids is 1. The average Bonchev–Trinajstić information content (AvgIpc) is 2.78. The molecule has 3 N–H and O–H groups in total. The van der Waals surface area contributed by atoms with Crippen molar-refractivity contribution in [1.82, 2.24) is 4.72 Å².